The zero-order valence-corrected chi connectivity index (χ0v) is 15.7. The van der Waals surface area contributed by atoms with Gasteiger partial charge < -0.3 is 10.6 Å². The van der Waals surface area contributed by atoms with Crippen molar-refractivity contribution in [3.8, 4) is 0 Å². The number of nitrogens with one attached hydrogen (secondary N) is 2. The summed E-state index contributed by atoms with van der Waals surface area (Å²) in [5.74, 6) is -0.267. The van der Waals surface area contributed by atoms with Crippen molar-refractivity contribution in [1.82, 2.24) is 25.5 Å². The highest BCUT2D eigenvalue weighted by Gasteiger charge is 2.31. The molecule has 0 spiro atoms. The average Bonchev–Trinajstić information content (AvgIpc) is 2.65. The second-order valence-corrected chi connectivity index (χ2v) is 6.89. The summed E-state index contributed by atoms with van der Waals surface area (Å²) in [6.45, 7) is 5.88. The van der Waals surface area contributed by atoms with E-state index < -0.39 is 6.04 Å². The lowest BCUT2D eigenvalue weighted by Gasteiger charge is -2.35. The Labute approximate surface area is 159 Å². The first-order chi connectivity index (χ1) is 13.0. The molecule has 27 heavy (non-hydrogen) atoms. The van der Waals surface area contributed by atoms with Gasteiger partial charge >= 0.3 is 0 Å². The maximum atomic E-state index is 12.5. The first-order valence-electron chi connectivity index (χ1n) is 9.15. The molecule has 0 saturated carbocycles. The summed E-state index contributed by atoms with van der Waals surface area (Å²) in [6, 6.07) is 9.28. The number of nitrogens with zero attached hydrogens (tertiary/aromatic N) is 3. The van der Waals surface area contributed by atoms with E-state index in [-0.39, 0.29) is 24.3 Å². The van der Waals surface area contributed by atoms with Gasteiger partial charge in [0.25, 0.3) is 0 Å². The van der Waals surface area contributed by atoms with Gasteiger partial charge in [-0.05, 0) is 25.5 Å². The van der Waals surface area contributed by atoms with Gasteiger partial charge in [-0.1, -0.05) is 29.8 Å². The molecule has 2 heterocycles. The van der Waals surface area contributed by atoms with Gasteiger partial charge in [-0.25, -0.2) is 9.97 Å². The Hall–Kier alpha value is -2.80. The van der Waals surface area contributed by atoms with E-state index in [1.54, 1.807) is 12.3 Å². The number of carbonyl (C=O) groups is 2. The van der Waals surface area contributed by atoms with Gasteiger partial charge in [-0.2, -0.15) is 0 Å². The normalized spacial score (nSPS) is 18.6. The Balaban J connectivity index is 1.64. The van der Waals surface area contributed by atoms with Gasteiger partial charge in [0, 0.05) is 25.8 Å². The van der Waals surface area contributed by atoms with Crippen molar-refractivity contribution in [2.24, 2.45) is 0 Å². The lowest BCUT2D eigenvalue weighted by molar-refractivity contribution is -0.134. The van der Waals surface area contributed by atoms with Gasteiger partial charge in [0.2, 0.25) is 11.8 Å². The monoisotopic (exact) mass is 367 g/mol. The Morgan fingerprint density at radius 3 is 3.00 bits per heavy atom. The molecule has 1 aliphatic rings. The van der Waals surface area contributed by atoms with Crippen LogP contribution in [0.15, 0.2) is 42.9 Å². The fraction of sp³-hybridized carbons (Fsp3) is 0.400. The van der Waals surface area contributed by atoms with Gasteiger partial charge in [-0.15, -0.1) is 0 Å². The zero-order valence-electron chi connectivity index (χ0n) is 15.7. The molecule has 0 unspecified atom stereocenters. The van der Waals surface area contributed by atoms with E-state index in [4.69, 9.17) is 0 Å². The summed E-state index contributed by atoms with van der Waals surface area (Å²) in [7, 11) is 0. The third kappa shape index (κ3) is 5.10. The molecule has 0 bridgehead atoms. The predicted molar refractivity (Wildman–Crippen MR) is 102 cm³/mol. The largest absolute Gasteiger partial charge is 0.353 e. The highest BCUT2D eigenvalue weighted by molar-refractivity contribution is 5.88. The van der Waals surface area contributed by atoms with Gasteiger partial charge in [0.15, 0.2) is 0 Å². The third-order valence-electron chi connectivity index (χ3n) is 4.71. The van der Waals surface area contributed by atoms with Crippen molar-refractivity contribution < 1.29 is 9.59 Å². The van der Waals surface area contributed by atoms with E-state index in [2.05, 4.69) is 31.6 Å². The summed E-state index contributed by atoms with van der Waals surface area (Å²) >= 11 is 0. The maximum absolute atomic E-state index is 12.5. The van der Waals surface area contributed by atoms with Crippen LogP contribution in [0.4, 0.5) is 0 Å². The molecule has 142 valence electrons. The van der Waals surface area contributed by atoms with Crippen LogP contribution in [0.5, 0.6) is 0 Å². The number of hydrogen-bond acceptors (Lipinski definition) is 5. The van der Waals surface area contributed by atoms with Crippen LogP contribution in [0, 0.1) is 6.92 Å². The fourth-order valence-corrected chi connectivity index (χ4v) is 3.33. The van der Waals surface area contributed by atoms with Crippen LogP contribution in [0.2, 0.25) is 0 Å². The summed E-state index contributed by atoms with van der Waals surface area (Å²) in [4.78, 5) is 35.0. The van der Waals surface area contributed by atoms with Gasteiger partial charge in [-0.3, -0.25) is 14.5 Å². The minimum atomic E-state index is -0.475. The number of benzene rings is 1. The summed E-state index contributed by atoms with van der Waals surface area (Å²) in [6.07, 6.45) is 3.21. The molecule has 0 aliphatic carbocycles. The molecule has 1 aliphatic heterocycles. The lowest BCUT2D eigenvalue weighted by Crippen LogP contribution is -2.56. The summed E-state index contributed by atoms with van der Waals surface area (Å²) in [5.41, 5.74) is 3.06. The summed E-state index contributed by atoms with van der Waals surface area (Å²) < 4.78 is 0. The fourth-order valence-electron chi connectivity index (χ4n) is 3.33. The van der Waals surface area contributed by atoms with Gasteiger partial charge in [0.1, 0.15) is 6.33 Å². The molecule has 0 radical (unpaired) electrons. The highest BCUT2D eigenvalue weighted by Crippen LogP contribution is 2.16. The van der Waals surface area contributed by atoms with E-state index in [0.29, 0.717) is 13.1 Å². The van der Waals surface area contributed by atoms with Crippen LogP contribution in [0.3, 0.4) is 0 Å². The number of carbonyl (C=O) groups excluding carboxylic acids is 2. The first-order valence-corrected chi connectivity index (χ1v) is 9.15. The molecule has 2 N–H and O–H groups in total. The Morgan fingerprint density at radius 1 is 1.41 bits per heavy atom. The van der Waals surface area contributed by atoms with Crippen LogP contribution in [0.25, 0.3) is 0 Å². The van der Waals surface area contributed by atoms with E-state index in [1.807, 2.05) is 32.0 Å². The zero-order chi connectivity index (χ0) is 19.2. The van der Waals surface area contributed by atoms with Crippen LogP contribution < -0.4 is 10.6 Å². The van der Waals surface area contributed by atoms with Crippen molar-refractivity contribution in [2.75, 3.05) is 13.1 Å². The third-order valence-corrected chi connectivity index (χ3v) is 4.71. The first kappa shape index (κ1) is 19.0. The number of amides is 2. The number of aromatic nitrogens is 2. The van der Waals surface area contributed by atoms with Crippen molar-refractivity contribution in [3.63, 3.8) is 0 Å². The maximum Gasteiger partial charge on any atom is 0.237 e. The molecule has 2 atom stereocenters. The minimum absolute atomic E-state index is 0.0984. The van der Waals surface area contributed by atoms with Crippen LogP contribution in [-0.4, -0.2) is 45.8 Å². The number of piperazine rings is 1. The summed E-state index contributed by atoms with van der Waals surface area (Å²) in [5, 5.41) is 5.79. The second kappa shape index (κ2) is 8.73. The minimum Gasteiger partial charge on any atom is -0.353 e. The second-order valence-electron chi connectivity index (χ2n) is 6.89. The molecular weight excluding hydrogens is 342 g/mol. The molecule has 1 fully saturated rings. The van der Waals surface area contributed by atoms with Crippen LogP contribution >= 0.6 is 0 Å². The Morgan fingerprint density at radius 2 is 2.26 bits per heavy atom. The van der Waals surface area contributed by atoms with Crippen molar-refractivity contribution in [2.45, 2.75) is 38.9 Å². The van der Waals surface area contributed by atoms with E-state index in [0.717, 1.165) is 17.8 Å². The molecule has 7 nitrogen and oxygen atoms in total. The highest BCUT2D eigenvalue weighted by atomic mass is 16.2. The number of aryl methyl sites for hydroxylation is 1. The molecule has 1 saturated heterocycles. The smallest absolute Gasteiger partial charge is 0.237 e. The van der Waals surface area contributed by atoms with Crippen molar-refractivity contribution in [1.29, 1.82) is 0 Å². The number of rotatable bonds is 6. The Bertz CT molecular complexity index is 796. The van der Waals surface area contributed by atoms with Crippen LogP contribution in [0.1, 0.15) is 36.2 Å². The lowest BCUT2D eigenvalue weighted by atomic mass is 10.1. The molecule has 3 rings (SSSR count). The topological polar surface area (TPSA) is 87.2 Å². The predicted octanol–water partition coefficient (Wildman–Crippen LogP) is 1.35. The molecule has 2 amide bonds. The van der Waals surface area contributed by atoms with E-state index in [9.17, 15) is 9.59 Å². The standard InChI is InChI=1S/C20H25N5O2/c1-14-4-3-5-16(10-14)12-25-9-8-22-20(27)18(25)11-19(26)24-15(2)17-6-7-21-13-23-17/h3-7,10,13,15,18H,8-9,11-12H2,1-2H3,(H,22,27)(H,24,26)/t15-,18-/m0/s1. The molecule has 1 aromatic carbocycles. The molecule has 7 heteroatoms. The van der Waals surface area contributed by atoms with Gasteiger partial charge in [0.05, 0.1) is 24.2 Å². The molecular formula is C20H25N5O2. The number of hydrogen-bond donors (Lipinski definition) is 2. The molecule has 2 aromatic rings. The average molecular weight is 367 g/mol. The van der Waals surface area contributed by atoms with E-state index in [1.165, 1.54) is 11.9 Å². The van der Waals surface area contributed by atoms with Crippen molar-refractivity contribution in [3.05, 3.63) is 59.7 Å². The van der Waals surface area contributed by atoms with Crippen LogP contribution in [-0.2, 0) is 16.1 Å². The Kier molecular flexibility index (Phi) is 6.13. The van der Waals surface area contributed by atoms with Crippen molar-refractivity contribution >= 4 is 11.8 Å². The SMILES string of the molecule is Cc1cccc(CN2CCNC(=O)[C@@H]2CC(=O)N[C@@H](C)c2ccncn2)c1. The quantitative estimate of drug-likeness (QED) is 0.805. The molecule has 1 aromatic heterocycles. The van der Waals surface area contributed by atoms with E-state index >= 15 is 0 Å².